The van der Waals surface area contributed by atoms with Gasteiger partial charge >= 0.3 is 0 Å². The van der Waals surface area contributed by atoms with Crippen LogP contribution in [-0.2, 0) is 21.2 Å². The van der Waals surface area contributed by atoms with E-state index in [-0.39, 0.29) is 12.5 Å². The highest BCUT2D eigenvalue weighted by Crippen LogP contribution is 2.31. The van der Waals surface area contributed by atoms with Gasteiger partial charge in [-0.3, -0.25) is 9.52 Å². The van der Waals surface area contributed by atoms with Crippen LogP contribution in [0.4, 0.5) is 0 Å². The van der Waals surface area contributed by atoms with Gasteiger partial charge in [-0.05, 0) is 61.2 Å². The fraction of sp³-hybridized carbons (Fsp3) is 0.240. The second-order valence-electron chi connectivity index (χ2n) is 8.00. The van der Waals surface area contributed by atoms with Crippen LogP contribution in [-0.4, -0.2) is 25.4 Å². The predicted molar refractivity (Wildman–Crippen MR) is 125 cm³/mol. The van der Waals surface area contributed by atoms with Gasteiger partial charge in [-0.2, -0.15) is 5.26 Å². The molecule has 0 aliphatic carbocycles. The third kappa shape index (κ3) is 5.53. The first-order valence-corrected chi connectivity index (χ1v) is 12.3. The summed E-state index contributed by atoms with van der Waals surface area (Å²) < 4.78 is 38.0. The summed E-state index contributed by atoms with van der Waals surface area (Å²) in [5.41, 5.74) is 1.90. The molecule has 9 heteroatoms. The molecule has 4 rings (SSSR count). The maximum absolute atomic E-state index is 12.0. The SMILES string of the molecule is C[C@@H](CCc1ccccc1Oc1ccc(C#N)nc1)Oc1ccc(C2CC(=O)NS2(=O)=O)cc1. The molecule has 1 aliphatic rings. The molecule has 2 atom stereocenters. The largest absolute Gasteiger partial charge is 0.491 e. The zero-order valence-corrected chi connectivity index (χ0v) is 19.3. The molecule has 1 unspecified atom stereocenters. The summed E-state index contributed by atoms with van der Waals surface area (Å²) in [7, 11) is -3.67. The Balaban J connectivity index is 1.35. The molecule has 1 aromatic heterocycles. The number of nitriles is 1. The molecule has 1 N–H and O–H groups in total. The number of para-hydroxylation sites is 1. The Labute approximate surface area is 198 Å². The first-order valence-electron chi connectivity index (χ1n) is 10.8. The topological polar surface area (TPSA) is 118 Å². The number of sulfonamides is 1. The number of amides is 1. The lowest BCUT2D eigenvalue weighted by Crippen LogP contribution is -2.21. The Hall–Kier alpha value is -3.90. The minimum atomic E-state index is -3.67. The zero-order valence-electron chi connectivity index (χ0n) is 18.5. The fourth-order valence-electron chi connectivity index (χ4n) is 3.70. The van der Waals surface area contributed by atoms with Crippen molar-refractivity contribution in [3.8, 4) is 23.3 Å². The molecule has 2 heterocycles. The Bertz CT molecular complexity index is 1320. The highest BCUT2D eigenvalue weighted by Gasteiger charge is 2.37. The van der Waals surface area contributed by atoms with Gasteiger partial charge in [0.25, 0.3) is 0 Å². The van der Waals surface area contributed by atoms with Gasteiger partial charge in [-0.15, -0.1) is 0 Å². The van der Waals surface area contributed by atoms with Crippen LogP contribution >= 0.6 is 0 Å². The summed E-state index contributed by atoms with van der Waals surface area (Å²) >= 11 is 0. The van der Waals surface area contributed by atoms with Crippen LogP contribution in [0.15, 0.2) is 66.9 Å². The quantitative estimate of drug-likeness (QED) is 0.520. The van der Waals surface area contributed by atoms with Crippen LogP contribution in [0.1, 0.15) is 41.8 Å². The maximum Gasteiger partial charge on any atom is 0.242 e. The molecule has 0 spiro atoms. The number of carbonyl (C=O) groups is 1. The van der Waals surface area contributed by atoms with Gasteiger partial charge in [-0.1, -0.05) is 30.3 Å². The molecular weight excluding hydrogens is 454 g/mol. The average Bonchev–Trinajstić information content (AvgIpc) is 3.11. The van der Waals surface area contributed by atoms with Crippen molar-refractivity contribution in [3.63, 3.8) is 0 Å². The second-order valence-corrected chi connectivity index (χ2v) is 9.86. The van der Waals surface area contributed by atoms with E-state index in [1.165, 1.54) is 6.20 Å². The van der Waals surface area contributed by atoms with Gasteiger partial charge < -0.3 is 9.47 Å². The molecule has 1 saturated heterocycles. The van der Waals surface area contributed by atoms with Crippen molar-refractivity contribution in [2.75, 3.05) is 0 Å². The van der Waals surface area contributed by atoms with Gasteiger partial charge in [0.2, 0.25) is 15.9 Å². The standard InChI is InChI=1S/C25H23N3O5S/c1-17(32-21-11-8-19(9-12-21)24-14-25(29)28-34(24,30)31)6-7-18-4-2-3-5-23(18)33-22-13-10-20(15-26)27-16-22/h2-5,8-13,16-17,24H,6-7,14H2,1H3,(H,28,29)/t17-,24?/m0/s1. The van der Waals surface area contributed by atoms with E-state index in [2.05, 4.69) is 4.98 Å². The van der Waals surface area contributed by atoms with E-state index in [9.17, 15) is 13.2 Å². The minimum Gasteiger partial charge on any atom is -0.491 e. The third-order valence-electron chi connectivity index (χ3n) is 5.46. The lowest BCUT2D eigenvalue weighted by Gasteiger charge is -2.17. The van der Waals surface area contributed by atoms with Crippen molar-refractivity contribution in [3.05, 3.63) is 83.7 Å². The number of hydrogen-bond donors (Lipinski definition) is 1. The van der Waals surface area contributed by atoms with E-state index in [4.69, 9.17) is 14.7 Å². The van der Waals surface area contributed by atoms with Crippen LogP contribution in [0, 0.1) is 11.3 Å². The summed E-state index contributed by atoms with van der Waals surface area (Å²) in [5.74, 6) is 1.40. The van der Waals surface area contributed by atoms with Crippen molar-refractivity contribution >= 4 is 15.9 Å². The molecule has 1 amide bonds. The summed E-state index contributed by atoms with van der Waals surface area (Å²) in [6, 6.07) is 19.8. The lowest BCUT2D eigenvalue weighted by atomic mass is 10.1. The van der Waals surface area contributed by atoms with E-state index in [1.807, 2.05) is 42.0 Å². The first kappa shape index (κ1) is 23.3. The van der Waals surface area contributed by atoms with Gasteiger partial charge in [0.1, 0.15) is 34.3 Å². The van der Waals surface area contributed by atoms with Gasteiger partial charge in [0.15, 0.2) is 0 Å². The van der Waals surface area contributed by atoms with E-state index in [0.717, 1.165) is 12.0 Å². The average molecular weight is 478 g/mol. The molecule has 8 nitrogen and oxygen atoms in total. The number of aryl methyl sites for hydroxylation is 1. The van der Waals surface area contributed by atoms with Crippen LogP contribution in [0.5, 0.6) is 17.2 Å². The molecule has 0 radical (unpaired) electrons. The lowest BCUT2D eigenvalue weighted by molar-refractivity contribution is -0.118. The summed E-state index contributed by atoms with van der Waals surface area (Å²) in [6.45, 7) is 1.96. The van der Waals surface area contributed by atoms with Crippen LogP contribution in [0.3, 0.4) is 0 Å². The molecular formula is C25H23N3O5S. The highest BCUT2D eigenvalue weighted by molar-refractivity contribution is 7.90. The number of benzene rings is 2. The third-order valence-corrected chi connectivity index (χ3v) is 7.16. The smallest absolute Gasteiger partial charge is 0.242 e. The van der Waals surface area contributed by atoms with E-state index in [1.54, 1.807) is 36.4 Å². The Morgan fingerprint density at radius 3 is 2.50 bits per heavy atom. The number of nitrogens with one attached hydrogen (secondary N) is 1. The summed E-state index contributed by atoms with van der Waals surface area (Å²) in [4.78, 5) is 15.5. The normalized spacial score (nSPS) is 17.4. The van der Waals surface area contributed by atoms with Gasteiger partial charge in [-0.25, -0.2) is 13.4 Å². The number of rotatable bonds is 8. The molecule has 3 aromatic rings. The van der Waals surface area contributed by atoms with E-state index in [0.29, 0.717) is 34.9 Å². The maximum atomic E-state index is 12.0. The number of pyridine rings is 1. The van der Waals surface area contributed by atoms with Crippen molar-refractivity contribution in [1.82, 2.24) is 9.71 Å². The van der Waals surface area contributed by atoms with Crippen LogP contribution in [0.25, 0.3) is 0 Å². The molecule has 1 aliphatic heterocycles. The predicted octanol–water partition coefficient (Wildman–Crippen LogP) is 4.04. The van der Waals surface area contributed by atoms with Gasteiger partial charge in [0, 0.05) is 0 Å². The molecule has 1 fully saturated rings. The van der Waals surface area contributed by atoms with E-state index >= 15 is 0 Å². The molecule has 34 heavy (non-hydrogen) atoms. The molecule has 0 saturated carbocycles. The Morgan fingerprint density at radius 1 is 1.12 bits per heavy atom. The molecule has 174 valence electrons. The summed E-state index contributed by atoms with van der Waals surface area (Å²) in [5, 5.41) is 8.01. The summed E-state index contributed by atoms with van der Waals surface area (Å²) in [6.07, 6.45) is 2.79. The second kappa shape index (κ2) is 9.93. The van der Waals surface area contributed by atoms with Crippen LogP contribution < -0.4 is 14.2 Å². The minimum absolute atomic E-state index is 0.0705. The van der Waals surface area contributed by atoms with Crippen LogP contribution in [0.2, 0.25) is 0 Å². The number of hydrogen-bond acceptors (Lipinski definition) is 7. The zero-order chi connectivity index (χ0) is 24.1. The number of carbonyl (C=O) groups excluding carboxylic acids is 1. The van der Waals surface area contributed by atoms with Crippen molar-refractivity contribution < 1.29 is 22.7 Å². The molecule has 0 bridgehead atoms. The number of aromatic nitrogens is 1. The van der Waals surface area contributed by atoms with Crippen molar-refractivity contribution in [2.45, 2.75) is 37.5 Å². The highest BCUT2D eigenvalue weighted by atomic mass is 32.2. The number of ether oxygens (including phenoxy) is 2. The Kier molecular flexibility index (Phi) is 6.80. The van der Waals surface area contributed by atoms with Crippen molar-refractivity contribution in [2.24, 2.45) is 0 Å². The monoisotopic (exact) mass is 477 g/mol. The first-order chi connectivity index (χ1) is 16.3. The fourth-order valence-corrected chi connectivity index (χ4v) is 5.13. The van der Waals surface area contributed by atoms with Crippen molar-refractivity contribution in [1.29, 1.82) is 5.26 Å². The molecule has 2 aromatic carbocycles. The number of nitrogens with zero attached hydrogens (tertiary/aromatic N) is 2. The van der Waals surface area contributed by atoms with E-state index < -0.39 is 21.2 Å². The Morgan fingerprint density at radius 2 is 1.85 bits per heavy atom. The van der Waals surface area contributed by atoms with Gasteiger partial charge in [0.05, 0.1) is 18.7 Å².